The molecule has 1 aromatic heterocycles. The molecule has 2 heterocycles. The van der Waals surface area contributed by atoms with Crippen LogP contribution in [0.2, 0.25) is 5.02 Å². The van der Waals surface area contributed by atoms with Crippen molar-refractivity contribution >= 4 is 34.8 Å². The van der Waals surface area contributed by atoms with Gasteiger partial charge in [-0.05, 0) is 77.8 Å². The van der Waals surface area contributed by atoms with Crippen LogP contribution in [0.15, 0.2) is 35.3 Å². The highest BCUT2D eigenvalue weighted by Crippen LogP contribution is 2.30. The number of nitrogens with zero attached hydrogens (tertiary/aromatic N) is 2. The molecule has 27 heavy (non-hydrogen) atoms. The van der Waals surface area contributed by atoms with Gasteiger partial charge in [-0.3, -0.25) is 5.41 Å². The van der Waals surface area contributed by atoms with Crippen LogP contribution >= 0.6 is 23.1 Å². The molecule has 0 amide bonds. The predicted octanol–water partition coefficient (Wildman–Crippen LogP) is 4.62. The van der Waals surface area contributed by atoms with Crippen LogP contribution in [0, 0.1) is 12.3 Å². The fourth-order valence-corrected chi connectivity index (χ4v) is 4.87. The molecular weight excluding hydrogens is 378 g/mol. The van der Waals surface area contributed by atoms with Gasteiger partial charge in [0.05, 0.1) is 6.04 Å². The zero-order valence-corrected chi connectivity index (χ0v) is 18.1. The highest BCUT2D eigenvalue weighted by molar-refractivity contribution is 7.07. The molecule has 1 aliphatic heterocycles. The Balaban J connectivity index is 1.98. The molecule has 0 saturated carbocycles. The predicted molar refractivity (Wildman–Crippen MR) is 115 cm³/mol. The van der Waals surface area contributed by atoms with Gasteiger partial charge >= 0.3 is 0 Å². The first kappa shape index (κ1) is 20.1. The molecule has 146 valence electrons. The van der Waals surface area contributed by atoms with Crippen LogP contribution in [0.3, 0.4) is 0 Å². The third kappa shape index (κ3) is 5.21. The lowest BCUT2D eigenvalue weighted by Gasteiger charge is -2.45. The van der Waals surface area contributed by atoms with Crippen molar-refractivity contribution in [2.24, 2.45) is 4.99 Å². The SMILES string of the molecule is Cc1cc(=N)n(C(=NC2CC(C)(C)NC(C)(C)C2)Nc2ccc(Cl)cc2)s1. The Bertz CT molecular complexity index is 876. The number of aliphatic imine (C=N–C) groups is 1. The normalized spacial score (nSPS) is 19.9. The van der Waals surface area contributed by atoms with E-state index < -0.39 is 0 Å². The summed E-state index contributed by atoms with van der Waals surface area (Å²) in [6.45, 7) is 10.9. The van der Waals surface area contributed by atoms with Crippen LogP contribution in [0.1, 0.15) is 45.4 Å². The van der Waals surface area contributed by atoms with Gasteiger partial charge in [0.25, 0.3) is 0 Å². The average Bonchev–Trinajstić information content (AvgIpc) is 2.84. The maximum Gasteiger partial charge on any atom is 0.218 e. The molecule has 3 rings (SSSR count). The van der Waals surface area contributed by atoms with Crippen molar-refractivity contribution in [3.8, 4) is 0 Å². The topological polar surface area (TPSA) is 65.2 Å². The van der Waals surface area contributed by atoms with Gasteiger partial charge in [0.2, 0.25) is 5.96 Å². The van der Waals surface area contributed by atoms with Crippen LogP contribution in [-0.2, 0) is 0 Å². The number of hydrogen-bond donors (Lipinski definition) is 3. The van der Waals surface area contributed by atoms with E-state index in [9.17, 15) is 0 Å². The van der Waals surface area contributed by atoms with E-state index >= 15 is 0 Å². The summed E-state index contributed by atoms with van der Waals surface area (Å²) >= 11 is 7.54. The van der Waals surface area contributed by atoms with E-state index in [-0.39, 0.29) is 17.1 Å². The lowest BCUT2D eigenvalue weighted by Crippen LogP contribution is -2.59. The van der Waals surface area contributed by atoms with Crippen molar-refractivity contribution in [1.29, 1.82) is 5.41 Å². The minimum atomic E-state index is 0.0150. The molecule has 1 aromatic carbocycles. The number of piperidine rings is 1. The van der Waals surface area contributed by atoms with Crippen molar-refractivity contribution in [3.63, 3.8) is 0 Å². The Morgan fingerprint density at radius 3 is 2.33 bits per heavy atom. The molecule has 1 saturated heterocycles. The van der Waals surface area contributed by atoms with E-state index in [0.717, 1.165) is 23.4 Å². The molecule has 0 spiro atoms. The summed E-state index contributed by atoms with van der Waals surface area (Å²) in [5.41, 5.74) is 1.37. The number of nitrogens with one attached hydrogen (secondary N) is 3. The average molecular weight is 406 g/mol. The Morgan fingerprint density at radius 1 is 1.22 bits per heavy atom. The molecule has 7 heteroatoms. The summed E-state index contributed by atoms with van der Waals surface area (Å²) in [6, 6.07) is 9.59. The van der Waals surface area contributed by atoms with E-state index in [2.05, 4.69) is 38.3 Å². The summed E-state index contributed by atoms with van der Waals surface area (Å²) < 4.78 is 1.85. The first-order valence-corrected chi connectivity index (χ1v) is 10.3. The second-order valence-electron chi connectivity index (χ2n) is 8.57. The quantitative estimate of drug-likeness (QED) is 0.504. The molecule has 3 N–H and O–H groups in total. The number of aromatic nitrogens is 1. The summed E-state index contributed by atoms with van der Waals surface area (Å²) in [5.74, 6) is 0.693. The molecule has 1 fully saturated rings. The van der Waals surface area contributed by atoms with Gasteiger partial charge in [-0.25, -0.2) is 8.95 Å². The van der Waals surface area contributed by atoms with E-state index in [4.69, 9.17) is 22.0 Å². The van der Waals surface area contributed by atoms with Crippen molar-refractivity contribution in [2.75, 3.05) is 5.32 Å². The number of anilines is 1. The van der Waals surface area contributed by atoms with Gasteiger partial charge in [0.15, 0.2) is 0 Å². The Morgan fingerprint density at radius 2 is 1.81 bits per heavy atom. The second kappa shape index (κ2) is 7.41. The Kier molecular flexibility index (Phi) is 5.52. The van der Waals surface area contributed by atoms with Gasteiger partial charge in [0.1, 0.15) is 5.49 Å². The third-order valence-electron chi connectivity index (χ3n) is 4.56. The first-order valence-electron chi connectivity index (χ1n) is 9.18. The first-order chi connectivity index (χ1) is 12.5. The summed E-state index contributed by atoms with van der Waals surface area (Å²) in [6.07, 6.45) is 1.89. The number of rotatable bonds is 2. The van der Waals surface area contributed by atoms with E-state index in [1.54, 1.807) is 0 Å². The number of aryl methyl sites for hydroxylation is 1. The highest BCUT2D eigenvalue weighted by Gasteiger charge is 2.37. The maximum absolute atomic E-state index is 8.31. The van der Waals surface area contributed by atoms with Crippen LogP contribution in [0.25, 0.3) is 0 Å². The monoisotopic (exact) mass is 405 g/mol. The van der Waals surface area contributed by atoms with Gasteiger partial charge in [-0.1, -0.05) is 23.1 Å². The highest BCUT2D eigenvalue weighted by atomic mass is 35.5. The zero-order valence-electron chi connectivity index (χ0n) is 16.6. The van der Waals surface area contributed by atoms with E-state index in [0.29, 0.717) is 16.5 Å². The molecular formula is C20H28ClN5S. The minimum absolute atomic E-state index is 0.0150. The zero-order chi connectivity index (χ0) is 19.8. The molecule has 0 unspecified atom stereocenters. The molecule has 2 aromatic rings. The summed E-state index contributed by atoms with van der Waals surface area (Å²) in [5, 5.41) is 16.1. The van der Waals surface area contributed by atoms with E-state index in [1.165, 1.54) is 11.5 Å². The number of hydrogen-bond acceptors (Lipinski definition) is 4. The lowest BCUT2D eigenvalue weighted by atomic mass is 9.80. The van der Waals surface area contributed by atoms with Crippen molar-refractivity contribution < 1.29 is 0 Å². The standard InChI is InChI=1S/C20H28ClN5S/c1-13-10-17(22)26(27-13)18(23-15-8-6-14(21)7-9-15)24-16-11-19(2,3)25-20(4,5)12-16/h6-10,16,22,25H,11-12H2,1-5H3,(H,23,24). The summed E-state index contributed by atoms with van der Waals surface area (Å²) in [7, 11) is 0. The maximum atomic E-state index is 8.31. The largest absolute Gasteiger partial charge is 0.325 e. The minimum Gasteiger partial charge on any atom is -0.325 e. The fraction of sp³-hybridized carbons (Fsp3) is 0.500. The van der Waals surface area contributed by atoms with Gasteiger partial charge in [-0.15, -0.1) is 0 Å². The molecule has 1 aliphatic rings. The number of benzene rings is 1. The van der Waals surface area contributed by atoms with Crippen LogP contribution in [0.5, 0.6) is 0 Å². The van der Waals surface area contributed by atoms with Crippen LogP contribution < -0.4 is 16.1 Å². The van der Waals surface area contributed by atoms with Gasteiger partial charge in [-0.2, -0.15) is 0 Å². The lowest BCUT2D eigenvalue weighted by molar-refractivity contribution is 0.164. The van der Waals surface area contributed by atoms with E-state index in [1.807, 2.05) is 41.2 Å². The van der Waals surface area contributed by atoms with Crippen molar-refractivity contribution in [1.82, 2.24) is 9.27 Å². The van der Waals surface area contributed by atoms with Crippen molar-refractivity contribution in [3.05, 3.63) is 45.7 Å². The Labute approximate surface area is 170 Å². The molecule has 0 bridgehead atoms. The smallest absolute Gasteiger partial charge is 0.218 e. The molecule has 5 nitrogen and oxygen atoms in total. The van der Waals surface area contributed by atoms with Crippen LogP contribution in [-0.4, -0.2) is 27.0 Å². The molecule has 0 atom stereocenters. The van der Waals surface area contributed by atoms with Crippen molar-refractivity contribution in [2.45, 2.75) is 64.6 Å². The summed E-state index contributed by atoms with van der Waals surface area (Å²) in [4.78, 5) is 6.16. The number of halogens is 1. The second-order valence-corrected chi connectivity index (χ2v) is 10.2. The molecule has 0 radical (unpaired) electrons. The molecule has 0 aliphatic carbocycles. The third-order valence-corrected chi connectivity index (χ3v) is 5.77. The van der Waals surface area contributed by atoms with Gasteiger partial charge < -0.3 is 10.6 Å². The Hall–Kier alpha value is -1.63. The van der Waals surface area contributed by atoms with Gasteiger partial charge in [0, 0.05) is 26.7 Å². The van der Waals surface area contributed by atoms with Crippen LogP contribution in [0.4, 0.5) is 5.69 Å². The fourth-order valence-electron chi connectivity index (χ4n) is 3.96.